The molecule has 3 heteroatoms. The van der Waals surface area contributed by atoms with Crippen LogP contribution in [0.15, 0.2) is 54.6 Å². The van der Waals surface area contributed by atoms with Crippen molar-refractivity contribution < 1.29 is 9.90 Å². The maximum Gasteiger partial charge on any atom is 0.256 e. The molecule has 22 heavy (non-hydrogen) atoms. The number of rotatable bonds is 2. The molecule has 0 atom stereocenters. The Labute approximate surface area is 129 Å². The predicted molar refractivity (Wildman–Crippen MR) is 89.5 cm³/mol. The lowest BCUT2D eigenvalue weighted by Gasteiger charge is -2.10. The highest BCUT2D eigenvalue weighted by Gasteiger charge is 2.10. The van der Waals surface area contributed by atoms with Gasteiger partial charge in [0.25, 0.3) is 5.91 Å². The molecule has 3 rings (SSSR count). The molecule has 0 aromatic heterocycles. The van der Waals surface area contributed by atoms with Crippen molar-refractivity contribution in [2.75, 3.05) is 5.32 Å². The van der Waals surface area contributed by atoms with Crippen LogP contribution in [0.25, 0.3) is 10.8 Å². The van der Waals surface area contributed by atoms with Gasteiger partial charge in [0.2, 0.25) is 0 Å². The van der Waals surface area contributed by atoms with Crippen molar-refractivity contribution in [3.8, 4) is 5.75 Å². The molecule has 0 heterocycles. The number of anilines is 1. The van der Waals surface area contributed by atoms with E-state index in [-0.39, 0.29) is 11.7 Å². The van der Waals surface area contributed by atoms with Crippen molar-refractivity contribution in [1.29, 1.82) is 0 Å². The zero-order valence-corrected chi connectivity index (χ0v) is 12.6. The van der Waals surface area contributed by atoms with Gasteiger partial charge in [-0.1, -0.05) is 18.2 Å². The average Bonchev–Trinajstić information content (AvgIpc) is 2.50. The number of hydrogen-bond donors (Lipinski definition) is 2. The summed E-state index contributed by atoms with van der Waals surface area (Å²) in [5, 5.41) is 14.1. The van der Waals surface area contributed by atoms with Gasteiger partial charge in [-0.05, 0) is 72.1 Å². The van der Waals surface area contributed by atoms with Crippen molar-refractivity contribution in [3.05, 3.63) is 71.3 Å². The first-order valence-electron chi connectivity index (χ1n) is 7.15. The van der Waals surface area contributed by atoms with Crippen molar-refractivity contribution >= 4 is 22.4 Å². The summed E-state index contributed by atoms with van der Waals surface area (Å²) in [6, 6.07) is 16.3. The Kier molecular flexibility index (Phi) is 3.55. The van der Waals surface area contributed by atoms with E-state index in [0.29, 0.717) is 5.56 Å². The minimum Gasteiger partial charge on any atom is -0.508 e. The quantitative estimate of drug-likeness (QED) is 0.734. The number of carbonyl (C=O) groups is 1. The fourth-order valence-corrected chi connectivity index (χ4v) is 2.49. The third-order valence-electron chi connectivity index (χ3n) is 3.87. The highest BCUT2D eigenvalue weighted by Crippen LogP contribution is 2.24. The Morgan fingerprint density at radius 2 is 1.77 bits per heavy atom. The standard InChI is InChI=1S/C19H17NO2/c1-12-6-7-15(10-13(12)2)20-19(22)18-5-3-4-14-11-16(21)8-9-17(14)18/h3-11,21H,1-2H3,(H,20,22). The van der Waals surface area contributed by atoms with Gasteiger partial charge in [-0.25, -0.2) is 0 Å². The predicted octanol–water partition coefficient (Wildman–Crippen LogP) is 4.41. The maximum absolute atomic E-state index is 12.5. The topological polar surface area (TPSA) is 49.3 Å². The SMILES string of the molecule is Cc1ccc(NC(=O)c2cccc3cc(O)ccc23)cc1C. The van der Waals surface area contributed by atoms with E-state index < -0.39 is 0 Å². The summed E-state index contributed by atoms with van der Waals surface area (Å²) in [7, 11) is 0. The van der Waals surface area contributed by atoms with Gasteiger partial charge in [0.05, 0.1) is 0 Å². The van der Waals surface area contributed by atoms with Crippen LogP contribution in [0.1, 0.15) is 21.5 Å². The number of phenols is 1. The molecule has 0 aliphatic heterocycles. The van der Waals surface area contributed by atoms with E-state index >= 15 is 0 Å². The fourth-order valence-electron chi connectivity index (χ4n) is 2.49. The van der Waals surface area contributed by atoms with Gasteiger partial charge in [-0.15, -0.1) is 0 Å². The number of amides is 1. The smallest absolute Gasteiger partial charge is 0.256 e. The second-order valence-electron chi connectivity index (χ2n) is 5.46. The van der Waals surface area contributed by atoms with Crippen LogP contribution in [-0.4, -0.2) is 11.0 Å². The Balaban J connectivity index is 1.96. The molecule has 0 aliphatic carbocycles. The Morgan fingerprint density at radius 1 is 0.955 bits per heavy atom. The van der Waals surface area contributed by atoms with Gasteiger partial charge < -0.3 is 10.4 Å². The molecule has 0 fully saturated rings. The molecule has 110 valence electrons. The van der Waals surface area contributed by atoms with E-state index in [9.17, 15) is 9.90 Å². The molecule has 1 amide bonds. The molecule has 0 spiro atoms. The maximum atomic E-state index is 12.5. The molecule has 2 N–H and O–H groups in total. The van der Waals surface area contributed by atoms with Gasteiger partial charge in [-0.3, -0.25) is 4.79 Å². The zero-order chi connectivity index (χ0) is 15.7. The first-order valence-corrected chi connectivity index (χ1v) is 7.15. The minimum absolute atomic E-state index is 0.153. The van der Waals surface area contributed by atoms with Gasteiger partial charge >= 0.3 is 0 Å². The van der Waals surface area contributed by atoms with Crippen molar-refractivity contribution in [2.24, 2.45) is 0 Å². The Morgan fingerprint density at radius 3 is 2.55 bits per heavy atom. The van der Waals surface area contributed by atoms with Gasteiger partial charge in [0.15, 0.2) is 0 Å². The minimum atomic E-state index is -0.153. The number of nitrogens with one attached hydrogen (secondary N) is 1. The van der Waals surface area contributed by atoms with E-state index in [4.69, 9.17) is 0 Å². The molecule has 0 radical (unpaired) electrons. The van der Waals surface area contributed by atoms with E-state index in [1.165, 1.54) is 5.56 Å². The van der Waals surface area contributed by atoms with Gasteiger partial charge in [0.1, 0.15) is 5.75 Å². The molecule has 0 unspecified atom stereocenters. The summed E-state index contributed by atoms with van der Waals surface area (Å²) in [4.78, 5) is 12.5. The van der Waals surface area contributed by atoms with Gasteiger partial charge in [0, 0.05) is 11.3 Å². The summed E-state index contributed by atoms with van der Waals surface area (Å²) >= 11 is 0. The molecule has 0 saturated heterocycles. The Hall–Kier alpha value is -2.81. The second-order valence-corrected chi connectivity index (χ2v) is 5.46. The lowest BCUT2D eigenvalue weighted by molar-refractivity contribution is 0.102. The third kappa shape index (κ3) is 2.66. The van der Waals surface area contributed by atoms with Crippen LogP contribution >= 0.6 is 0 Å². The highest BCUT2D eigenvalue weighted by atomic mass is 16.3. The van der Waals surface area contributed by atoms with Crippen LogP contribution < -0.4 is 5.32 Å². The molecule has 0 aliphatic rings. The first kappa shape index (κ1) is 14.1. The van der Waals surface area contributed by atoms with Crippen LogP contribution in [0.2, 0.25) is 0 Å². The van der Waals surface area contributed by atoms with Crippen LogP contribution in [-0.2, 0) is 0 Å². The number of aryl methyl sites for hydroxylation is 2. The number of phenolic OH excluding ortho intramolecular Hbond substituents is 1. The van der Waals surface area contributed by atoms with E-state index in [1.54, 1.807) is 24.3 Å². The number of carbonyl (C=O) groups excluding carboxylic acids is 1. The normalized spacial score (nSPS) is 10.6. The first-order chi connectivity index (χ1) is 10.5. The molecule has 3 aromatic carbocycles. The largest absolute Gasteiger partial charge is 0.508 e. The molecular formula is C19H17NO2. The third-order valence-corrected chi connectivity index (χ3v) is 3.87. The van der Waals surface area contributed by atoms with E-state index in [0.717, 1.165) is 22.0 Å². The number of hydrogen-bond acceptors (Lipinski definition) is 2. The van der Waals surface area contributed by atoms with Crippen molar-refractivity contribution in [1.82, 2.24) is 0 Å². The second kappa shape index (κ2) is 5.53. The summed E-state index contributed by atoms with van der Waals surface area (Å²) in [6.45, 7) is 4.06. The average molecular weight is 291 g/mol. The molecule has 3 nitrogen and oxygen atoms in total. The van der Waals surface area contributed by atoms with Crippen molar-refractivity contribution in [3.63, 3.8) is 0 Å². The summed E-state index contributed by atoms with van der Waals surface area (Å²) < 4.78 is 0. The summed E-state index contributed by atoms with van der Waals surface area (Å²) in [6.07, 6.45) is 0. The molecule has 3 aromatic rings. The monoisotopic (exact) mass is 291 g/mol. The zero-order valence-electron chi connectivity index (χ0n) is 12.6. The lowest BCUT2D eigenvalue weighted by atomic mass is 10.0. The Bertz CT molecular complexity index is 868. The molecule has 0 saturated carbocycles. The van der Waals surface area contributed by atoms with Crippen LogP contribution in [0, 0.1) is 13.8 Å². The lowest BCUT2D eigenvalue weighted by Crippen LogP contribution is -2.12. The van der Waals surface area contributed by atoms with E-state index in [1.807, 2.05) is 44.2 Å². The van der Waals surface area contributed by atoms with Crippen LogP contribution in [0.5, 0.6) is 5.75 Å². The van der Waals surface area contributed by atoms with E-state index in [2.05, 4.69) is 5.32 Å². The van der Waals surface area contributed by atoms with Crippen LogP contribution in [0.4, 0.5) is 5.69 Å². The van der Waals surface area contributed by atoms with Gasteiger partial charge in [-0.2, -0.15) is 0 Å². The van der Waals surface area contributed by atoms with Crippen LogP contribution in [0.3, 0.4) is 0 Å². The number of benzene rings is 3. The summed E-state index contributed by atoms with van der Waals surface area (Å²) in [5.41, 5.74) is 3.71. The molecule has 0 bridgehead atoms. The van der Waals surface area contributed by atoms with Crippen molar-refractivity contribution in [2.45, 2.75) is 13.8 Å². The summed E-state index contributed by atoms with van der Waals surface area (Å²) in [5.74, 6) is 0.0405. The number of fused-ring (bicyclic) bond motifs is 1. The fraction of sp³-hybridized carbons (Fsp3) is 0.105. The highest BCUT2D eigenvalue weighted by molar-refractivity contribution is 6.13. The molecular weight excluding hydrogens is 274 g/mol. The number of aromatic hydroxyl groups is 1.